The molecule has 1 aromatic rings. The summed E-state index contributed by atoms with van der Waals surface area (Å²) >= 11 is 0. The number of nitrogens with one attached hydrogen (secondary N) is 1. The van der Waals surface area contributed by atoms with Gasteiger partial charge in [-0.25, -0.2) is 0 Å². The molecule has 0 saturated carbocycles. The van der Waals surface area contributed by atoms with Crippen LogP contribution in [0.5, 0.6) is 5.75 Å². The molecule has 21 heavy (non-hydrogen) atoms. The molecule has 2 rings (SSSR count). The molecule has 0 aliphatic carbocycles. The molecule has 1 atom stereocenters. The van der Waals surface area contributed by atoms with E-state index in [2.05, 4.69) is 18.3 Å². The third kappa shape index (κ3) is 4.21. The fourth-order valence-corrected chi connectivity index (χ4v) is 2.84. The highest BCUT2D eigenvalue weighted by molar-refractivity contribution is 5.82. The number of rotatable bonds is 7. The van der Waals surface area contributed by atoms with E-state index in [1.54, 1.807) is 7.11 Å². The van der Waals surface area contributed by atoms with Gasteiger partial charge in [-0.1, -0.05) is 25.1 Å². The number of likely N-dealkylation sites (tertiary alicyclic amines) is 1. The van der Waals surface area contributed by atoms with Gasteiger partial charge in [-0.15, -0.1) is 0 Å². The van der Waals surface area contributed by atoms with E-state index in [1.165, 1.54) is 0 Å². The van der Waals surface area contributed by atoms with Crippen LogP contribution in [0.15, 0.2) is 24.3 Å². The van der Waals surface area contributed by atoms with Gasteiger partial charge in [-0.05, 0) is 43.9 Å². The van der Waals surface area contributed by atoms with E-state index in [0.717, 1.165) is 56.6 Å². The third-order valence-corrected chi connectivity index (χ3v) is 4.01. The van der Waals surface area contributed by atoms with E-state index in [0.29, 0.717) is 0 Å². The van der Waals surface area contributed by atoms with Crippen molar-refractivity contribution in [1.29, 1.82) is 0 Å². The Morgan fingerprint density at radius 1 is 1.38 bits per heavy atom. The molecule has 0 aromatic heterocycles. The molecule has 4 heteroatoms. The molecule has 1 aliphatic heterocycles. The molecule has 1 saturated heterocycles. The van der Waals surface area contributed by atoms with Crippen LogP contribution in [-0.4, -0.2) is 43.6 Å². The Morgan fingerprint density at radius 3 is 2.95 bits per heavy atom. The summed E-state index contributed by atoms with van der Waals surface area (Å²) in [5.41, 5.74) is 1.16. The summed E-state index contributed by atoms with van der Waals surface area (Å²) in [6.45, 7) is 4.68. The Balaban J connectivity index is 1.91. The van der Waals surface area contributed by atoms with Gasteiger partial charge in [-0.2, -0.15) is 0 Å². The maximum Gasteiger partial charge on any atom is 0.239 e. The van der Waals surface area contributed by atoms with Crippen LogP contribution in [-0.2, 0) is 11.2 Å². The van der Waals surface area contributed by atoms with Crippen LogP contribution in [0.2, 0.25) is 0 Å². The number of methoxy groups -OCH3 is 1. The van der Waals surface area contributed by atoms with Gasteiger partial charge in [-0.3, -0.25) is 4.79 Å². The Labute approximate surface area is 127 Å². The van der Waals surface area contributed by atoms with Crippen molar-refractivity contribution < 1.29 is 9.53 Å². The van der Waals surface area contributed by atoms with Crippen molar-refractivity contribution in [3.05, 3.63) is 29.8 Å². The second kappa shape index (κ2) is 8.03. The molecule has 1 aromatic carbocycles. The first-order valence-electron chi connectivity index (χ1n) is 7.90. The zero-order valence-corrected chi connectivity index (χ0v) is 13.1. The minimum Gasteiger partial charge on any atom is -0.496 e. The Morgan fingerprint density at radius 2 is 2.19 bits per heavy atom. The van der Waals surface area contributed by atoms with Crippen LogP contribution < -0.4 is 10.1 Å². The molecular formula is C17H26N2O2. The molecule has 4 nitrogen and oxygen atoms in total. The predicted octanol–water partition coefficient (Wildman–Crippen LogP) is 2.23. The van der Waals surface area contributed by atoms with Crippen LogP contribution in [0, 0.1) is 0 Å². The lowest BCUT2D eigenvalue weighted by Crippen LogP contribution is -2.51. The Kier molecular flexibility index (Phi) is 6.05. The molecule has 0 spiro atoms. The highest BCUT2D eigenvalue weighted by Gasteiger charge is 2.27. The number of amides is 1. The van der Waals surface area contributed by atoms with E-state index in [1.807, 2.05) is 23.1 Å². The third-order valence-electron chi connectivity index (χ3n) is 4.01. The molecular weight excluding hydrogens is 264 g/mol. The molecule has 1 unspecified atom stereocenters. The average Bonchev–Trinajstić information content (AvgIpc) is 2.53. The number of carbonyl (C=O) groups is 1. The van der Waals surface area contributed by atoms with E-state index >= 15 is 0 Å². The summed E-state index contributed by atoms with van der Waals surface area (Å²) in [7, 11) is 1.69. The van der Waals surface area contributed by atoms with Crippen LogP contribution in [0.1, 0.15) is 31.7 Å². The summed E-state index contributed by atoms with van der Waals surface area (Å²) in [4.78, 5) is 14.4. The highest BCUT2D eigenvalue weighted by Crippen LogP contribution is 2.19. The highest BCUT2D eigenvalue weighted by atomic mass is 16.5. The van der Waals surface area contributed by atoms with Gasteiger partial charge in [0.25, 0.3) is 0 Å². The van der Waals surface area contributed by atoms with Crippen LogP contribution in [0.4, 0.5) is 0 Å². The maximum absolute atomic E-state index is 12.4. The van der Waals surface area contributed by atoms with E-state index in [4.69, 9.17) is 4.74 Å². The molecule has 116 valence electrons. The molecule has 0 radical (unpaired) electrons. The average molecular weight is 290 g/mol. The van der Waals surface area contributed by atoms with Gasteiger partial charge in [0.05, 0.1) is 13.2 Å². The number of para-hydroxylation sites is 1. The first-order chi connectivity index (χ1) is 10.3. The number of nitrogens with zero attached hydrogens (tertiary/aromatic N) is 1. The number of ether oxygens (including phenoxy) is 1. The minimum atomic E-state index is 0.0105. The molecule has 1 aliphatic rings. The van der Waals surface area contributed by atoms with Gasteiger partial charge in [0.2, 0.25) is 5.91 Å². The van der Waals surface area contributed by atoms with Gasteiger partial charge >= 0.3 is 0 Å². The van der Waals surface area contributed by atoms with Crippen molar-refractivity contribution in [2.45, 2.75) is 38.6 Å². The summed E-state index contributed by atoms with van der Waals surface area (Å²) in [6, 6.07) is 8.04. The zero-order valence-electron chi connectivity index (χ0n) is 13.1. The Hall–Kier alpha value is -1.55. The van der Waals surface area contributed by atoms with Crippen molar-refractivity contribution in [3.63, 3.8) is 0 Å². The van der Waals surface area contributed by atoms with E-state index in [9.17, 15) is 4.79 Å². The monoisotopic (exact) mass is 290 g/mol. The predicted molar refractivity (Wildman–Crippen MR) is 84.6 cm³/mol. The number of piperidine rings is 1. The standard InChI is InChI=1S/C17H26N2O2/c1-3-11-18-15-8-6-12-19(17(15)20)13-10-14-7-4-5-9-16(14)21-2/h4-5,7,9,15,18H,3,6,8,10-13H2,1-2H3. The van der Waals surface area contributed by atoms with Crippen molar-refractivity contribution in [2.75, 3.05) is 26.7 Å². The first kappa shape index (κ1) is 15.8. The van der Waals surface area contributed by atoms with E-state index < -0.39 is 0 Å². The number of hydrogen-bond acceptors (Lipinski definition) is 3. The molecule has 1 amide bonds. The molecule has 1 fully saturated rings. The zero-order chi connectivity index (χ0) is 15.1. The lowest BCUT2D eigenvalue weighted by atomic mass is 10.0. The normalized spacial score (nSPS) is 18.9. The lowest BCUT2D eigenvalue weighted by molar-refractivity contribution is -0.135. The van der Waals surface area contributed by atoms with Crippen molar-refractivity contribution in [2.24, 2.45) is 0 Å². The quantitative estimate of drug-likeness (QED) is 0.837. The summed E-state index contributed by atoms with van der Waals surface area (Å²) in [6.07, 6.45) is 3.95. The van der Waals surface area contributed by atoms with Crippen molar-refractivity contribution in [1.82, 2.24) is 10.2 Å². The van der Waals surface area contributed by atoms with Gasteiger partial charge in [0.15, 0.2) is 0 Å². The Bertz CT molecular complexity index is 462. The first-order valence-corrected chi connectivity index (χ1v) is 7.90. The minimum absolute atomic E-state index is 0.0105. The topological polar surface area (TPSA) is 41.6 Å². The maximum atomic E-state index is 12.4. The fourth-order valence-electron chi connectivity index (χ4n) is 2.84. The SMILES string of the molecule is CCCNC1CCCN(CCc2ccccc2OC)C1=O. The smallest absolute Gasteiger partial charge is 0.239 e. The van der Waals surface area contributed by atoms with Gasteiger partial charge in [0.1, 0.15) is 5.75 Å². The second-order valence-corrected chi connectivity index (χ2v) is 5.54. The van der Waals surface area contributed by atoms with Crippen molar-refractivity contribution >= 4 is 5.91 Å². The lowest BCUT2D eigenvalue weighted by Gasteiger charge is -2.33. The fraction of sp³-hybridized carbons (Fsp3) is 0.588. The van der Waals surface area contributed by atoms with Crippen LogP contribution in [0.3, 0.4) is 0 Å². The summed E-state index contributed by atoms with van der Waals surface area (Å²) in [5, 5.41) is 3.36. The van der Waals surface area contributed by atoms with Gasteiger partial charge in [0, 0.05) is 13.1 Å². The second-order valence-electron chi connectivity index (χ2n) is 5.54. The van der Waals surface area contributed by atoms with Crippen molar-refractivity contribution in [3.8, 4) is 5.75 Å². The van der Waals surface area contributed by atoms with Gasteiger partial charge < -0.3 is 15.0 Å². The summed E-state index contributed by atoms with van der Waals surface area (Å²) in [5.74, 6) is 1.16. The van der Waals surface area contributed by atoms with Crippen LogP contribution >= 0.6 is 0 Å². The molecule has 1 heterocycles. The van der Waals surface area contributed by atoms with E-state index in [-0.39, 0.29) is 11.9 Å². The summed E-state index contributed by atoms with van der Waals surface area (Å²) < 4.78 is 5.37. The van der Waals surface area contributed by atoms with Crippen LogP contribution in [0.25, 0.3) is 0 Å². The number of carbonyl (C=O) groups excluding carboxylic acids is 1. The number of benzene rings is 1. The largest absolute Gasteiger partial charge is 0.496 e. The molecule has 0 bridgehead atoms. The number of hydrogen-bond donors (Lipinski definition) is 1. The molecule has 1 N–H and O–H groups in total.